The highest BCUT2D eigenvalue weighted by atomic mass is 35.5. The number of fused-ring (bicyclic) bond motifs is 1. The molecule has 3 aromatic carbocycles. The molecule has 0 fully saturated rings. The van der Waals surface area contributed by atoms with Crippen LogP contribution >= 0.6 is 23.4 Å². The quantitative estimate of drug-likeness (QED) is 0.312. The number of nitrogens with one attached hydrogen (secondary N) is 1. The molecule has 1 heterocycles. The Bertz CT molecular complexity index is 1200. The lowest BCUT2D eigenvalue weighted by Crippen LogP contribution is -2.15. The third-order valence-electron chi connectivity index (χ3n) is 4.39. The Morgan fingerprint density at radius 3 is 2.69 bits per heavy atom. The Morgan fingerprint density at radius 1 is 1.03 bits per heavy atom. The summed E-state index contributed by atoms with van der Waals surface area (Å²) in [5.41, 5.74) is 3.24. The van der Waals surface area contributed by atoms with Crippen LogP contribution in [0.15, 0.2) is 78.1 Å². The molecule has 0 spiro atoms. The van der Waals surface area contributed by atoms with Gasteiger partial charge in [0.15, 0.2) is 10.9 Å². The largest absolute Gasteiger partial charge is 0.321 e. The van der Waals surface area contributed by atoms with E-state index in [1.807, 2.05) is 48.5 Å². The fourth-order valence-electron chi connectivity index (χ4n) is 2.99. The van der Waals surface area contributed by atoms with E-state index in [1.165, 1.54) is 29.1 Å². The van der Waals surface area contributed by atoms with Gasteiger partial charge in [0.05, 0.1) is 11.2 Å². The summed E-state index contributed by atoms with van der Waals surface area (Å²) < 4.78 is 0. The lowest BCUT2D eigenvalue weighted by Gasteiger charge is -2.08. The first-order valence-electron chi connectivity index (χ1n) is 9.09. The van der Waals surface area contributed by atoms with E-state index in [0.717, 1.165) is 16.5 Å². The van der Waals surface area contributed by atoms with Crippen molar-refractivity contribution in [1.82, 2.24) is 9.97 Å². The number of rotatable bonds is 5. The summed E-state index contributed by atoms with van der Waals surface area (Å²) in [5, 5.41) is 5.78. The van der Waals surface area contributed by atoms with Crippen LogP contribution in [0.4, 0.5) is 5.69 Å². The average Bonchev–Trinajstić information content (AvgIpc) is 2.73. The van der Waals surface area contributed by atoms with Crippen molar-refractivity contribution in [3.8, 4) is 0 Å². The topological polar surface area (TPSA) is 54.9 Å². The molecule has 1 amide bonds. The first-order valence-corrected chi connectivity index (χ1v) is 10.5. The molecular formula is C23H18ClN3OS. The predicted octanol–water partition coefficient (Wildman–Crippen LogP) is 6.14. The summed E-state index contributed by atoms with van der Waals surface area (Å²) in [6.45, 7) is 2.06. The highest BCUT2D eigenvalue weighted by Crippen LogP contribution is 2.24. The molecule has 6 heteroatoms. The number of carbonyl (C=O) groups is 1. The number of halogens is 1. The lowest BCUT2D eigenvalue weighted by atomic mass is 10.1. The Morgan fingerprint density at radius 2 is 1.86 bits per heavy atom. The van der Waals surface area contributed by atoms with Crippen molar-refractivity contribution in [3.05, 3.63) is 94.8 Å². The molecule has 1 N–H and O–H groups in total. The van der Waals surface area contributed by atoms with Crippen LogP contribution in [0.25, 0.3) is 10.8 Å². The first kappa shape index (κ1) is 19.4. The van der Waals surface area contributed by atoms with Crippen LogP contribution in [0.3, 0.4) is 0 Å². The van der Waals surface area contributed by atoms with Crippen LogP contribution in [0.2, 0.25) is 5.02 Å². The molecule has 0 atom stereocenters. The highest BCUT2D eigenvalue weighted by Gasteiger charge is 2.15. The smallest absolute Gasteiger partial charge is 0.275 e. The second-order valence-electron chi connectivity index (χ2n) is 6.64. The molecule has 0 aliphatic carbocycles. The van der Waals surface area contributed by atoms with Gasteiger partial charge in [-0.05, 0) is 35.4 Å². The Hall–Kier alpha value is -2.89. The second kappa shape index (κ2) is 8.64. The molecule has 0 saturated carbocycles. The molecule has 0 radical (unpaired) electrons. The number of benzene rings is 3. The molecule has 1 aromatic heterocycles. The number of nitrogens with zero attached hydrogens (tertiary/aromatic N) is 2. The van der Waals surface area contributed by atoms with Crippen molar-refractivity contribution < 1.29 is 4.79 Å². The molecule has 0 saturated heterocycles. The van der Waals surface area contributed by atoms with E-state index in [4.69, 9.17) is 11.6 Å². The zero-order chi connectivity index (χ0) is 20.2. The van der Waals surface area contributed by atoms with Gasteiger partial charge in [-0.15, -0.1) is 0 Å². The molecule has 0 aliphatic rings. The maximum Gasteiger partial charge on any atom is 0.275 e. The summed E-state index contributed by atoms with van der Waals surface area (Å²) in [6.07, 6.45) is 1.47. The van der Waals surface area contributed by atoms with Gasteiger partial charge in [-0.2, -0.15) is 0 Å². The first-order chi connectivity index (χ1) is 14.1. The highest BCUT2D eigenvalue weighted by molar-refractivity contribution is 7.98. The fraction of sp³-hybridized carbons (Fsp3) is 0.0870. The third-order valence-corrected chi connectivity index (χ3v) is 5.60. The molecule has 4 aromatic rings. The summed E-state index contributed by atoms with van der Waals surface area (Å²) in [7, 11) is 0. The van der Waals surface area contributed by atoms with Gasteiger partial charge in [0.25, 0.3) is 5.91 Å². The lowest BCUT2D eigenvalue weighted by molar-refractivity contribution is 0.102. The summed E-state index contributed by atoms with van der Waals surface area (Å²) in [6, 6.07) is 22.0. The van der Waals surface area contributed by atoms with Crippen molar-refractivity contribution in [2.75, 3.05) is 5.32 Å². The Balaban J connectivity index is 1.50. The number of amides is 1. The van der Waals surface area contributed by atoms with E-state index in [1.54, 1.807) is 0 Å². The predicted molar refractivity (Wildman–Crippen MR) is 120 cm³/mol. The summed E-state index contributed by atoms with van der Waals surface area (Å²) >= 11 is 7.67. The van der Waals surface area contributed by atoms with Crippen LogP contribution in [0, 0.1) is 6.92 Å². The van der Waals surface area contributed by atoms with E-state index < -0.39 is 0 Å². The molecule has 0 bridgehead atoms. The number of hydrogen-bond acceptors (Lipinski definition) is 4. The van der Waals surface area contributed by atoms with Gasteiger partial charge in [-0.1, -0.05) is 83.5 Å². The van der Waals surface area contributed by atoms with E-state index in [0.29, 0.717) is 10.8 Å². The minimum absolute atomic E-state index is 0.168. The maximum absolute atomic E-state index is 12.7. The molecule has 144 valence electrons. The molecule has 29 heavy (non-hydrogen) atoms. The Labute approximate surface area is 178 Å². The van der Waals surface area contributed by atoms with E-state index in [-0.39, 0.29) is 16.6 Å². The maximum atomic E-state index is 12.7. The second-order valence-corrected chi connectivity index (χ2v) is 7.99. The van der Waals surface area contributed by atoms with Gasteiger partial charge in [-0.3, -0.25) is 4.79 Å². The van der Waals surface area contributed by atoms with Gasteiger partial charge in [-0.25, -0.2) is 9.97 Å². The van der Waals surface area contributed by atoms with Crippen LogP contribution in [0.1, 0.15) is 21.6 Å². The normalized spacial score (nSPS) is 10.8. The minimum atomic E-state index is -0.356. The standard InChI is InChI=1S/C23H18ClN3OS/c1-15-5-4-6-16(11-15)14-29-23-25-13-20(24)21(27-23)22(28)26-19-10-9-17-7-2-3-8-18(17)12-19/h2-13H,14H2,1H3,(H,26,28). The summed E-state index contributed by atoms with van der Waals surface area (Å²) in [5.74, 6) is 0.361. The molecule has 4 rings (SSSR count). The van der Waals surface area contributed by atoms with Gasteiger partial charge in [0, 0.05) is 11.4 Å². The third kappa shape index (κ3) is 4.75. The van der Waals surface area contributed by atoms with Crippen molar-refractivity contribution >= 4 is 45.7 Å². The number of aromatic nitrogens is 2. The number of thioether (sulfide) groups is 1. The molecule has 0 aliphatic heterocycles. The van der Waals surface area contributed by atoms with Crippen LogP contribution in [-0.4, -0.2) is 15.9 Å². The monoisotopic (exact) mass is 419 g/mol. The van der Waals surface area contributed by atoms with Gasteiger partial charge in [0.2, 0.25) is 0 Å². The number of hydrogen-bond donors (Lipinski definition) is 1. The summed E-state index contributed by atoms with van der Waals surface area (Å²) in [4.78, 5) is 21.4. The zero-order valence-corrected chi connectivity index (χ0v) is 17.3. The van der Waals surface area contributed by atoms with Crippen molar-refractivity contribution in [3.63, 3.8) is 0 Å². The van der Waals surface area contributed by atoms with Gasteiger partial charge in [0.1, 0.15) is 0 Å². The minimum Gasteiger partial charge on any atom is -0.321 e. The number of aryl methyl sites for hydroxylation is 1. The molecule has 4 nitrogen and oxygen atoms in total. The average molecular weight is 420 g/mol. The van der Waals surface area contributed by atoms with Crippen LogP contribution < -0.4 is 5.32 Å². The van der Waals surface area contributed by atoms with Gasteiger partial charge < -0.3 is 5.32 Å². The van der Waals surface area contributed by atoms with Gasteiger partial charge >= 0.3 is 0 Å². The molecular weight excluding hydrogens is 402 g/mol. The van der Waals surface area contributed by atoms with Crippen molar-refractivity contribution in [2.24, 2.45) is 0 Å². The fourth-order valence-corrected chi connectivity index (χ4v) is 3.92. The van der Waals surface area contributed by atoms with E-state index in [2.05, 4.69) is 40.4 Å². The van der Waals surface area contributed by atoms with Crippen molar-refractivity contribution in [2.45, 2.75) is 17.8 Å². The Kier molecular flexibility index (Phi) is 5.79. The number of anilines is 1. The van der Waals surface area contributed by atoms with Crippen molar-refractivity contribution in [1.29, 1.82) is 0 Å². The van der Waals surface area contributed by atoms with Crippen LogP contribution in [0.5, 0.6) is 0 Å². The number of carbonyl (C=O) groups excluding carboxylic acids is 1. The SMILES string of the molecule is Cc1cccc(CSc2ncc(Cl)c(C(=O)Nc3ccc4ccccc4c3)n2)c1. The van der Waals surface area contributed by atoms with E-state index in [9.17, 15) is 4.79 Å². The van der Waals surface area contributed by atoms with E-state index >= 15 is 0 Å². The molecule has 0 unspecified atom stereocenters. The van der Waals surface area contributed by atoms with Crippen LogP contribution in [-0.2, 0) is 5.75 Å². The zero-order valence-electron chi connectivity index (χ0n) is 15.7.